The highest BCUT2D eigenvalue weighted by Crippen LogP contribution is 2.32. The quantitative estimate of drug-likeness (QED) is 0.745. The Kier molecular flexibility index (Phi) is 3.67. The van der Waals surface area contributed by atoms with Gasteiger partial charge in [-0.15, -0.1) is 0 Å². The highest BCUT2D eigenvalue weighted by molar-refractivity contribution is 5.81. The van der Waals surface area contributed by atoms with Crippen LogP contribution in [0.15, 0.2) is 47.8 Å². The van der Waals surface area contributed by atoms with Crippen LogP contribution in [0.1, 0.15) is 18.5 Å². The van der Waals surface area contributed by atoms with Gasteiger partial charge in [-0.25, -0.2) is 4.98 Å². The molecule has 1 aromatic carbocycles. The van der Waals surface area contributed by atoms with Crippen LogP contribution in [0.5, 0.6) is 0 Å². The second-order valence-electron chi connectivity index (χ2n) is 5.23. The lowest BCUT2D eigenvalue weighted by Crippen LogP contribution is -2.28. The lowest BCUT2D eigenvalue weighted by molar-refractivity contribution is -0.136. The van der Waals surface area contributed by atoms with Crippen molar-refractivity contribution >= 4 is 10.9 Å². The zero-order valence-electron chi connectivity index (χ0n) is 12.2. The fourth-order valence-electron chi connectivity index (χ4n) is 2.50. The van der Waals surface area contributed by atoms with Gasteiger partial charge in [0.2, 0.25) is 0 Å². The monoisotopic (exact) mass is 322 g/mol. The van der Waals surface area contributed by atoms with Gasteiger partial charge in [0.1, 0.15) is 0 Å². The maximum atomic E-state index is 13.1. The average molecular weight is 322 g/mol. The van der Waals surface area contributed by atoms with E-state index >= 15 is 0 Å². The van der Waals surface area contributed by atoms with Gasteiger partial charge in [-0.3, -0.25) is 14.0 Å². The van der Waals surface area contributed by atoms with Gasteiger partial charge in [0, 0.05) is 12.4 Å². The van der Waals surface area contributed by atoms with Crippen molar-refractivity contribution in [1.29, 1.82) is 0 Å². The van der Waals surface area contributed by atoms with E-state index in [1.54, 1.807) is 30.1 Å². The molecule has 0 aliphatic carbocycles. The van der Waals surface area contributed by atoms with E-state index in [0.717, 1.165) is 6.07 Å². The maximum Gasteiger partial charge on any atom is 0.417 e. The van der Waals surface area contributed by atoms with Crippen molar-refractivity contribution in [2.75, 3.05) is 0 Å². The number of hydrogen-bond donors (Lipinski definition) is 0. The molecule has 0 saturated carbocycles. The molecule has 3 rings (SSSR count). The van der Waals surface area contributed by atoms with Gasteiger partial charge in [-0.2, -0.15) is 18.3 Å². The second kappa shape index (κ2) is 5.53. The highest BCUT2D eigenvalue weighted by Gasteiger charge is 2.34. The Morgan fingerprint density at radius 3 is 2.70 bits per heavy atom. The Hall–Kier alpha value is -2.64. The minimum absolute atomic E-state index is 0.0346. The van der Waals surface area contributed by atoms with Gasteiger partial charge < -0.3 is 0 Å². The number of rotatable bonds is 3. The summed E-state index contributed by atoms with van der Waals surface area (Å²) in [4.78, 5) is 16.6. The summed E-state index contributed by atoms with van der Waals surface area (Å²) < 4.78 is 42.3. The first-order valence-corrected chi connectivity index (χ1v) is 6.92. The molecular weight excluding hydrogens is 309 g/mol. The van der Waals surface area contributed by atoms with Crippen molar-refractivity contribution < 1.29 is 13.2 Å². The zero-order chi connectivity index (χ0) is 16.6. The summed E-state index contributed by atoms with van der Waals surface area (Å²) in [6, 6.07) is 4.88. The molecule has 2 aromatic heterocycles. The minimum atomic E-state index is -4.61. The van der Waals surface area contributed by atoms with Crippen molar-refractivity contribution in [2.45, 2.75) is 25.7 Å². The molecule has 2 heterocycles. The van der Waals surface area contributed by atoms with E-state index in [4.69, 9.17) is 0 Å². The van der Waals surface area contributed by atoms with Gasteiger partial charge >= 0.3 is 6.18 Å². The third kappa shape index (κ3) is 2.84. The number of hydrogen-bond acceptors (Lipinski definition) is 3. The summed E-state index contributed by atoms with van der Waals surface area (Å²) in [7, 11) is 0. The molecule has 0 spiro atoms. The molecule has 0 bridgehead atoms. The van der Waals surface area contributed by atoms with E-state index in [1.165, 1.54) is 23.0 Å². The Morgan fingerprint density at radius 1 is 1.26 bits per heavy atom. The number of benzene rings is 1. The molecule has 1 atom stereocenters. The van der Waals surface area contributed by atoms with Crippen molar-refractivity contribution in [3.63, 3.8) is 0 Å². The molecule has 0 aliphatic heterocycles. The predicted octanol–water partition coefficient (Wildman–Crippen LogP) is 2.87. The van der Waals surface area contributed by atoms with Gasteiger partial charge in [-0.1, -0.05) is 6.07 Å². The van der Waals surface area contributed by atoms with E-state index in [9.17, 15) is 18.0 Å². The lowest BCUT2D eigenvalue weighted by atomic mass is 10.1. The second-order valence-corrected chi connectivity index (χ2v) is 5.23. The standard InChI is InChI=1S/C15H13F3N4O/c1-10(8-21-7-3-6-20-21)22-9-19-12-5-2-4-11(15(16,17)18)13(12)14(22)23/h2-7,9-10H,8H2,1H3. The Labute approximate surface area is 129 Å². The number of nitrogens with zero attached hydrogens (tertiary/aromatic N) is 4. The van der Waals surface area contributed by atoms with Crippen LogP contribution in [0.25, 0.3) is 10.9 Å². The molecule has 5 nitrogen and oxygen atoms in total. The van der Waals surface area contributed by atoms with E-state index in [1.807, 2.05) is 0 Å². The maximum absolute atomic E-state index is 13.1. The SMILES string of the molecule is CC(Cn1cccn1)n1cnc2cccc(C(F)(F)F)c2c1=O. The van der Waals surface area contributed by atoms with Crippen LogP contribution in [-0.4, -0.2) is 19.3 Å². The fourth-order valence-corrected chi connectivity index (χ4v) is 2.50. The van der Waals surface area contributed by atoms with Gasteiger partial charge in [0.15, 0.2) is 0 Å². The number of aromatic nitrogens is 4. The lowest BCUT2D eigenvalue weighted by Gasteiger charge is -2.16. The number of fused-ring (bicyclic) bond motifs is 1. The van der Waals surface area contributed by atoms with Crippen LogP contribution in [0, 0.1) is 0 Å². The molecule has 0 saturated heterocycles. The molecule has 8 heteroatoms. The topological polar surface area (TPSA) is 52.7 Å². The first kappa shape index (κ1) is 15.3. The van der Waals surface area contributed by atoms with E-state index in [0.29, 0.717) is 6.54 Å². The van der Waals surface area contributed by atoms with Crippen LogP contribution in [0.4, 0.5) is 13.2 Å². The van der Waals surface area contributed by atoms with Crippen molar-refractivity contribution in [3.05, 3.63) is 58.9 Å². The van der Waals surface area contributed by atoms with E-state index < -0.39 is 22.7 Å². The highest BCUT2D eigenvalue weighted by atomic mass is 19.4. The van der Waals surface area contributed by atoms with Gasteiger partial charge in [-0.05, 0) is 25.1 Å². The third-order valence-electron chi connectivity index (χ3n) is 3.60. The van der Waals surface area contributed by atoms with Crippen LogP contribution < -0.4 is 5.56 Å². The van der Waals surface area contributed by atoms with Crippen LogP contribution >= 0.6 is 0 Å². The van der Waals surface area contributed by atoms with Gasteiger partial charge in [0.05, 0.1) is 35.4 Å². The van der Waals surface area contributed by atoms with Crippen LogP contribution in [-0.2, 0) is 12.7 Å². The van der Waals surface area contributed by atoms with Crippen molar-refractivity contribution in [3.8, 4) is 0 Å². The largest absolute Gasteiger partial charge is 0.417 e. The fraction of sp³-hybridized carbons (Fsp3) is 0.267. The van der Waals surface area contributed by atoms with Crippen molar-refractivity contribution in [2.24, 2.45) is 0 Å². The Balaban J connectivity index is 2.13. The summed E-state index contributed by atoms with van der Waals surface area (Å²) >= 11 is 0. The summed E-state index contributed by atoms with van der Waals surface area (Å²) in [6.07, 6.45) is -0.0171. The smallest absolute Gasteiger partial charge is 0.294 e. The molecule has 0 N–H and O–H groups in total. The molecule has 1 unspecified atom stereocenters. The molecule has 0 amide bonds. The van der Waals surface area contributed by atoms with Crippen LogP contribution in [0.3, 0.4) is 0 Å². The average Bonchev–Trinajstić information content (AvgIpc) is 2.99. The molecule has 0 aliphatic rings. The summed E-state index contributed by atoms with van der Waals surface area (Å²) in [6.45, 7) is 2.08. The molecule has 3 aromatic rings. The summed E-state index contributed by atoms with van der Waals surface area (Å²) in [5, 5.41) is 3.62. The third-order valence-corrected chi connectivity index (χ3v) is 3.60. The molecule has 0 fully saturated rings. The summed E-state index contributed by atoms with van der Waals surface area (Å²) in [5.74, 6) is 0. The Bertz CT molecular complexity index is 884. The normalized spacial score (nSPS) is 13.4. The molecule has 23 heavy (non-hydrogen) atoms. The zero-order valence-corrected chi connectivity index (χ0v) is 12.2. The Morgan fingerprint density at radius 2 is 2.04 bits per heavy atom. The molecular formula is C15H13F3N4O. The first-order chi connectivity index (χ1) is 10.9. The summed E-state index contributed by atoms with van der Waals surface area (Å²) in [5.41, 5.74) is -1.64. The first-order valence-electron chi connectivity index (χ1n) is 6.92. The number of alkyl halides is 3. The number of halogens is 3. The molecule has 120 valence electrons. The van der Waals surface area contributed by atoms with Crippen molar-refractivity contribution in [1.82, 2.24) is 19.3 Å². The van der Waals surface area contributed by atoms with E-state index in [2.05, 4.69) is 10.1 Å². The predicted molar refractivity (Wildman–Crippen MR) is 77.9 cm³/mol. The minimum Gasteiger partial charge on any atom is -0.294 e. The van der Waals surface area contributed by atoms with Gasteiger partial charge in [0.25, 0.3) is 5.56 Å². The molecule has 0 radical (unpaired) electrons. The van der Waals surface area contributed by atoms with Crippen LogP contribution in [0.2, 0.25) is 0 Å². The van der Waals surface area contributed by atoms with E-state index in [-0.39, 0.29) is 11.6 Å².